The topological polar surface area (TPSA) is 95.3 Å². The van der Waals surface area contributed by atoms with Gasteiger partial charge in [0, 0.05) is 24.0 Å². The van der Waals surface area contributed by atoms with Crippen molar-refractivity contribution in [1.82, 2.24) is 14.6 Å². The van der Waals surface area contributed by atoms with Crippen molar-refractivity contribution in [3.8, 4) is 11.5 Å². The second-order valence-electron chi connectivity index (χ2n) is 7.72. The van der Waals surface area contributed by atoms with Crippen molar-refractivity contribution in [3.63, 3.8) is 0 Å². The molecule has 1 saturated heterocycles. The smallest absolute Gasteiger partial charge is 0.282 e. The van der Waals surface area contributed by atoms with Crippen molar-refractivity contribution in [2.75, 3.05) is 40.0 Å². The van der Waals surface area contributed by atoms with Crippen molar-refractivity contribution >= 4 is 61.5 Å². The molecule has 1 fully saturated rings. The molecule has 1 amide bonds. The molecule has 0 saturated carbocycles. The highest BCUT2D eigenvalue weighted by Gasteiger charge is 2.19. The lowest BCUT2D eigenvalue weighted by Gasteiger charge is -2.27. The van der Waals surface area contributed by atoms with Crippen LogP contribution in [0.3, 0.4) is 0 Å². The minimum Gasteiger partial charge on any atom is -0.493 e. The van der Waals surface area contributed by atoms with Gasteiger partial charge in [-0.3, -0.25) is 9.59 Å². The quantitative estimate of drug-likeness (QED) is 0.286. The number of halogens is 2. The van der Waals surface area contributed by atoms with Crippen LogP contribution in [0.15, 0.2) is 44.7 Å². The first kappa shape index (κ1) is 25.6. The molecule has 0 N–H and O–H groups in total. The molecule has 0 spiro atoms. The fraction of sp³-hybridized carbons (Fsp3) is 0.333. The summed E-state index contributed by atoms with van der Waals surface area (Å²) in [5.74, 6) is 1.41. The number of ether oxygens (including phenoxy) is 3. The minimum atomic E-state index is -0.243. The third-order valence-corrected chi connectivity index (χ3v) is 6.76. The second-order valence-corrected chi connectivity index (χ2v) is 9.80. The second kappa shape index (κ2) is 11.5. The summed E-state index contributed by atoms with van der Waals surface area (Å²) in [6.45, 7) is 4.03. The highest BCUT2D eigenvalue weighted by atomic mass is 127. The molecule has 11 heteroatoms. The predicted molar refractivity (Wildman–Crippen MR) is 145 cm³/mol. The van der Waals surface area contributed by atoms with Gasteiger partial charge in [-0.25, -0.2) is 4.98 Å². The first-order valence-corrected chi connectivity index (χ1v) is 12.9. The van der Waals surface area contributed by atoms with E-state index >= 15 is 0 Å². The van der Waals surface area contributed by atoms with Crippen LogP contribution >= 0.6 is 38.5 Å². The van der Waals surface area contributed by atoms with E-state index in [2.05, 4.69) is 48.6 Å². The standard InChI is InChI=1S/C24H24BrIN4O5/c1-3-21-28-19-5-4-16(25)12-17(19)24(32)30(21)27-13-15-10-18(26)23(20(11-15)33-2)35-14-22(31)29-6-8-34-9-7-29/h4-5,10-13H,3,6-9,14H2,1-2H3. The fourth-order valence-electron chi connectivity index (χ4n) is 3.66. The van der Waals surface area contributed by atoms with Crippen LogP contribution in [-0.4, -0.2) is 66.7 Å². The summed E-state index contributed by atoms with van der Waals surface area (Å²) in [4.78, 5) is 31.9. The minimum absolute atomic E-state index is 0.0899. The molecule has 0 radical (unpaired) electrons. The van der Waals surface area contributed by atoms with Gasteiger partial charge in [0.15, 0.2) is 18.1 Å². The molecule has 0 bridgehead atoms. The summed E-state index contributed by atoms with van der Waals surface area (Å²) < 4.78 is 19.5. The molecule has 1 aliphatic heterocycles. The maximum Gasteiger partial charge on any atom is 0.282 e. The summed E-state index contributed by atoms with van der Waals surface area (Å²) >= 11 is 5.54. The normalized spacial score (nSPS) is 14.0. The number of aryl methyl sites for hydroxylation is 1. The van der Waals surface area contributed by atoms with Crippen molar-refractivity contribution in [2.24, 2.45) is 5.10 Å². The Bertz CT molecular complexity index is 1340. The van der Waals surface area contributed by atoms with Crippen LogP contribution in [0.4, 0.5) is 0 Å². The molecule has 1 aromatic heterocycles. The van der Waals surface area contributed by atoms with Crippen LogP contribution in [0.25, 0.3) is 10.9 Å². The van der Waals surface area contributed by atoms with E-state index in [9.17, 15) is 9.59 Å². The lowest BCUT2D eigenvalue weighted by Crippen LogP contribution is -2.43. The highest BCUT2D eigenvalue weighted by molar-refractivity contribution is 14.1. The van der Waals surface area contributed by atoms with E-state index in [-0.39, 0.29) is 18.1 Å². The Balaban J connectivity index is 1.59. The van der Waals surface area contributed by atoms with E-state index in [0.717, 1.165) is 8.04 Å². The van der Waals surface area contributed by atoms with Gasteiger partial charge in [-0.1, -0.05) is 22.9 Å². The van der Waals surface area contributed by atoms with Crippen LogP contribution in [0.1, 0.15) is 18.3 Å². The number of morpholine rings is 1. The lowest BCUT2D eigenvalue weighted by molar-refractivity contribution is -0.137. The van der Waals surface area contributed by atoms with Crippen molar-refractivity contribution in [2.45, 2.75) is 13.3 Å². The molecule has 184 valence electrons. The molecule has 0 aliphatic carbocycles. The molecule has 4 rings (SSSR count). The van der Waals surface area contributed by atoms with E-state index in [1.165, 1.54) is 11.8 Å². The number of aromatic nitrogens is 2. The molecule has 1 aliphatic rings. The zero-order chi connectivity index (χ0) is 24.9. The van der Waals surface area contributed by atoms with E-state index < -0.39 is 0 Å². The molecule has 35 heavy (non-hydrogen) atoms. The number of amides is 1. The maximum atomic E-state index is 13.1. The largest absolute Gasteiger partial charge is 0.493 e. The number of rotatable bonds is 7. The van der Waals surface area contributed by atoms with Gasteiger partial charge >= 0.3 is 0 Å². The number of carbonyl (C=O) groups excluding carboxylic acids is 1. The molecule has 9 nitrogen and oxygen atoms in total. The summed E-state index contributed by atoms with van der Waals surface area (Å²) in [6, 6.07) is 9.01. The van der Waals surface area contributed by atoms with E-state index in [1.807, 2.05) is 25.1 Å². The van der Waals surface area contributed by atoms with E-state index in [4.69, 9.17) is 14.2 Å². The molecule has 0 unspecified atom stereocenters. The van der Waals surface area contributed by atoms with Gasteiger partial charge in [0.05, 0.1) is 41.0 Å². The van der Waals surface area contributed by atoms with Crippen molar-refractivity contribution < 1.29 is 19.0 Å². The van der Waals surface area contributed by atoms with E-state index in [0.29, 0.717) is 66.5 Å². The zero-order valence-corrected chi connectivity index (χ0v) is 23.0. The molecule has 2 aromatic carbocycles. The maximum absolute atomic E-state index is 13.1. The Labute approximate surface area is 224 Å². The van der Waals surface area contributed by atoms with Gasteiger partial charge in [0.2, 0.25) is 0 Å². The van der Waals surface area contributed by atoms with Gasteiger partial charge in [0.1, 0.15) is 5.82 Å². The van der Waals surface area contributed by atoms with Crippen LogP contribution in [-0.2, 0) is 16.0 Å². The van der Waals surface area contributed by atoms with Crippen LogP contribution in [0.5, 0.6) is 11.5 Å². The number of benzene rings is 2. The molecule has 0 atom stereocenters. The fourth-order valence-corrected chi connectivity index (χ4v) is 4.80. The number of nitrogens with zero attached hydrogens (tertiary/aromatic N) is 4. The third-order valence-electron chi connectivity index (χ3n) is 5.47. The zero-order valence-electron chi connectivity index (χ0n) is 19.3. The van der Waals surface area contributed by atoms with Gasteiger partial charge < -0.3 is 19.1 Å². The monoisotopic (exact) mass is 654 g/mol. The lowest BCUT2D eigenvalue weighted by atomic mass is 10.2. The first-order valence-electron chi connectivity index (χ1n) is 11.0. The Morgan fingerprint density at radius 1 is 1.29 bits per heavy atom. The third kappa shape index (κ3) is 5.84. The number of methoxy groups -OCH3 is 1. The molecular formula is C24H24BrIN4O5. The molecule has 3 aromatic rings. The number of carbonyl (C=O) groups is 1. The van der Waals surface area contributed by atoms with E-state index in [1.54, 1.807) is 23.2 Å². The van der Waals surface area contributed by atoms with Gasteiger partial charge in [-0.15, -0.1) is 0 Å². The number of fused-ring (bicyclic) bond motifs is 1. The van der Waals surface area contributed by atoms with Crippen molar-refractivity contribution in [3.05, 3.63) is 60.1 Å². The Morgan fingerprint density at radius 3 is 2.77 bits per heavy atom. The Hall–Kier alpha value is -2.51. The van der Waals surface area contributed by atoms with Crippen LogP contribution in [0.2, 0.25) is 0 Å². The Morgan fingerprint density at radius 2 is 2.06 bits per heavy atom. The van der Waals surface area contributed by atoms with Crippen LogP contribution in [0, 0.1) is 3.57 Å². The number of hydrogen-bond donors (Lipinski definition) is 0. The highest BCUT2D eigenvalue weighted by Crippen LogP contribution is 2.33. The molecular weight excluding hydrogens is 631 g/mol. The predicted octanol–water partition coefficient (Wildman–Crippen LogP) is 3.45. The molecule has 2 heterocycles. The van der Waals surface area contributed by atoms with Gasteiger partial charge in [0.25, 0.3) is 11.5 Å². The summed E-state index contributed by atoms with van der Waals surface area (Å²) in [5.41, 5.74) is 1.10. The van der Waals surface area contributed by atoms with Crippen molar-refractivity contribution in [1.29, 1.82) is 0 Å². The summed E-state index contributed by atoms with van der Waals surface area (Å²) in [6.07, 6.45) is 2.13. The average molecular weight is 655 g/mol. The first-order chi connectivity index (χ1) is 16.9. The van der Waals surface area contributed by atoms with Gasteiger partial charge in [-0.2, -0.15) is 9.78 Å². The van der Waals surface area contributed by atoms with Crippen LogP contribution < -0.4 is 15.0 Å². The summed E-state index contributed by atoms with van der Waals surface area (Å²) in [7, 11) is 1.54. The average Bonchev–Trinajstić information content (AvgIpc) is 2.87. The Kier molecular flexibility index (Phi) is 8.39. The summed E-state index contributed by atoms with van der Waals surface area (Å²) in [5, 5.41) is 4.92. The van der Waals surface area contributed by atoms with Gasteiger partial charge in [-0.05, 0) is 58.5 Å². The number of hydrogen-bond acceptors (Lipinski definition) is 7. The SMILES string of the molecule is CCc1nc2ccc(Br)cc2c(=O)n1N=Cc1cc(I)c(OCC(=O)N2CCOCC2)c(OC)c1.